The molecule has 2 rings (SSSR count). The van der Waals surface area contributed by atoms with Gasteiger partial charge in [-0.3, -0.25) is 0 Å². The summed E-state index contributed by atoms with van der Waals surface area (Å²) in [6.45, 7) is 2.17. The maximum Gasteiger partial charge on any atom is 0.0963 e. The van der Waals surface area contributed by atoms with Gasteiger partial charge in [0.2, 0.25) is 0 Å². The summed E-state index contributed by atoms with van der Waals surface area (Å²) in [7, 11) is 0. The molecule has 0 heterocycles. The number of benzene rings is 2. The first-order chi connectivity index (χ1) is 9.67. The maximum atomic E-state index is 5.70. The van der Waals surface area contributed by atoms with E-state index >= 15 is 0 Å². The van der Waals surface area contributed by atoms with Crippen LogP contribution in [0.1, 0.15) is 19.8 Å². The van der Waals surface area contributed by atoms with Gasteiger partial charge in [-0.05, 0) is 55.0 Å². The molecule has 4 heteroatoms. The summed E-state index contributed by atoms with van der Waals surface area (Å²) in [5.74, 6) is 0. The molecule has 0 amide bonds. The zero-order valence-electron chi connectivity index (χ0n) is 11.8. The highest BCUT2D eigenvalue weighted by Crippen LogP contribution is 2.17. The highest BCUT2D eigenvalue weighted by atomic mass is 15.1. The van der Waals surface area contributed by atoms with Gasteiger partial charge in [0.1, 0.15) is 0 Å². The van der Waals surface area contributed by atoms with Crippen LogP contribution >= 0.6 is 0 Å². The zero-order valence-corrected chi connectivity index (χ0v) is 11.8. The van der Waals surface area contributed by atoms with Crippen molar-refractivity contribution in [1.29, 1.82) is 0 Å². The number of hydrogen-bond donors (Lipinski definition) is 4. The van der Waals surface area contributed by atoms with E-state index in [1.54, 1.807) is 0 Å². The average molecular weight is 270 g/mol. The van der Waals surface area contributed by atoms with Crippen molar-refractivity contribution in [2.75, 3.05) is 22.1 Å². The Morgan fingerprint density at radius 3 is 1.55 bits per heavy atom. The molecule has 0 saturated carbocycles. The van der Waals surface area contributed by atoms with Crippen molar-refractivity contribution in [3.05, 3.63) is 48.5 Å². The standard InChI is InChI=1S/C16H22N4/c1-2-3-16(19-14-8-4-12(17)5-9-14)20-15-10-6-13(18)7-11-15/h4-11,16,19-20H,2-3,17-18H2,1H3. The number of nitrogens with one attached hydrogen (secondary N) is 2. The molecule has 20 heavy (non-hydrogen) atoms. The highest BCUT2D eigenvalue weighted by molar-refractivity contribution is 5.55. The van der Waals surface area contributed by atoms with E-state index < -0.39 is 0 Å². The summed E-state index contributed by atoms with van der Waals surface area (Å²) in [6.07, 6.45) is 2.29. The molecule has 2 aromatic rings. The van der Waals surface area contributed by atoms with Crippen molar-refractivity contribution in [2.45, 2.75) is 25.9 Å². The van der Waals surface area contributed by atoms with Crippen molar-refractivity contribution >= 4 is 22.7 Å². The van der Waals surface area contributed by atoms with E-state index in [0.717, 1.165) is 35.6 Å². The lowest BCUT2D eigenvalue weighted by Gasteiger charge is -2.22. The Morgan fingerprint density at radius 1 is 0.800 bits per heavy atom. The quantitative estimate of drug-likeness (QED) is 0.478. The SMILES string of the molecule is CCCC(Nc1ccc(N)cc1)Nc1ccc(N)cc1. The summed E-state index contributed by atoms with van der Waals surface area (Å²) in [5.41, 5.74) is 15.1. The Hall–Kier alpha value is -2.36. The van der Waals surface area contributed by atoms with Crippen LogP contribution in [0.4, 0.5) is 22.7 Å². The van der Waals surface area contributed by atoms with Crippen LogP contribution in [-0.2, 0) is 0 Å². The zero-order chi connectivity index (χ0) is 14.4. The van der Waals surface area contributed by atoms with Gasteiger partial charge in [-0.15, -0.1) is 0 Å². The van der Waals surface area contributed by atoms with Gasteiger partial charge in [0, 0.05) is 22.7 Å². The molecule has 4 nitrogen and oxygen atoms in total. The molecule has 0 bridgehead atoms. The molecule has 2 aromatic carbocycles. The molecule has 0 aromatic heterocycles. The fourth-order valence-electron chi connectivity index (χ4n) is 2.03. The van der Waals surface area contributed by atoms with Gasteiger partial charge in [0.15, 0.2) is 0 Å². The summed E-state index contributed by atoms with van der Waals surface area (Å²) >= 11 is 0. The predicted molar refractivity (Wildman–Crippen MR) is 87.7 cm³/mol. The molecule has 0 aliphatic carbocycles. The molecule has 0 radical (unpaired) electrons. The molecule has 0 fully saturated rings. The van der Waals surface area contributed by atoms with Crippen LogP contribution in [0.3, 0.4) is 0 Å². The third-order valence-electron chi connectivity index (χ3n) is 3.08. The van der Waals surface area contributed by atoms with Crippen LogP contribution in [0.15, 0.2) is 48.5 Å². The van der Waals surface area contributed by atoms with Gasteiger partial charge >= 0.3 is 0 Å². The second kappa shape index (κ2) is 6.70. The van der Waals surface area contributed by atoms with Crippen molar-refractivity contribution < 1.29 is 0 Å². The molecule has 0 aliphatic rings. The monoisotopic (exact) mass is 270 g/mol. The van der Waals surface area contributed by atoms with Crippen molar-refractivity contribution in [3.63, 3.8) is 0 Å². The smallest absolute Gasteiger partial charge is 0.0963 e. The Kier molecular flexibility index (Phi) is 4.71. The first kappa shape index (κ1) is 14.1. The third kappa shape index (κ3) is 4.09. The highest BCUT2D eigenvalue weighted by Gasteiger charge is 2.07. The Bertz CT molecular complexity index is 472. The van der Waals surface area contributed by atoms with Crippen molar-refractivity contribution in [1.82, 2.24) is 0 Å². The number of nitrogen functional groups attached to an aromatic ring is 2. The molecular weight excluding hydrogens is 248 g/mol. The lowest BCUT2D eigenvalue weighted by molar-refractivity contribution is 0.702. The molecule has 6 N–H and O–H groups in total. The number of rotatable bonds is 6. The number of anilines is 4. The predicted octanol–water partition coefficient (Wildman–Crippen LogP) is 3.50. The Morgan fingerprint density at radius 2 is 1.20 bits per heavy atom. The molecule has 0 atom stereocenters. The summed E-state index contributed by atoms with van der Waals surface area (Å²) < 4.78 is 0. The second-order valence-electron chi connectivity index (χ2n) is 4.87. The number of hydrogen-bond acceptors (Lipinski definition) is 4. The molecule has 106 valence electrons. The fraction of sp³-hybridized carbons (Fsp3) is 0.250. The first-order valence-corrected chi connectivity index (χ1v) is 6.91. The Labute approximate surface area is 120 Å². The largest absolute Gasteiger partial charge is 0.399 e. The van der Waals surface area contributed by atoms with Gasteiger partial charge < -0.3 is 22.1 Å². The van der Waals surface area contributed by atoms with E-state index in [4.69, 9.17) is 11.5 Å². The summed E-state index contributed by atoms with van der Waals surface area (Å²) in [4.78, 5) is 0. The van der Waals surface area contributed by atoms with Gasteiger partial charge in [0.25, 0.3) is 0 Å². The van der Waals surface area contributed by atoms with E-state index in [9.17, 15) is 0 Å². The van der Waals surface area contributed by atoms with E-state index in [-0.39, 0.29) is 6.17 Å². The minimum absolute atomic E-state index is 0.173. The van der Waals surface area contributed by atoms with Gasteiger partial charge in [0.05, 0.1) is 6.17 Å². The first-order valence-electron chi connectivity index (χ1n) is 6.91. The topological polar surface area (TPSA) is 76.1 Å². The van der Waals surface area contributed by atoms with E-state index in [2.05, 4.69) is 17.6 Å². The van der Waals surface area contributed by atoms with Crippen LogP contribution in [-0.4, -0.2) is 6.17 Å². The van der Waals surface area contributed by atoms with Crippen molar-refractivity contribution in [2.24, 2.45) is 0 Å². The average Bonchev–Trinajstić information content (AvgIpc) is 2.44. The van der Waals surface area contributed by atoms with Crippen LogP contribution in [0.25, 0.3) is 0 Å². The second-order valence-corrected chi connectivity index (χ2v) is 4.87. The molecule has 0 spiro atoms. The minimum atomic E-state index is 0.173. The lowest BCUT2D eigenvalue weighted by atomic mass is 10.2. The van der Waals surface area contributed by atoms with E-state index in [0.29, 0.717) is 0 Å². The molecule has 0 saturated heterocycles. The van der Waals surface area contributed by atoms with Crippen LogP contribution < -0.4 is 22.1 Å². The fourth-order valence-corrected chi connectivity index (χ4v) is 2.03. The molecular formula is C16H22N4. The summed E-state index contributed by atoms with van der Waals surface area (Å²) in [5, 5.41) is 6.94. The van der Waals surface area contributed by atoms with Crippen LogP contribution in [0.2, 0.25) is 0 Å². The Balaban J connectivity index is 2.02. The van der Waals surface area contributed by atoms with Crippen LogP contribution in [0, 0.1) is 0 Å². The molecule has 0 unspecified atom stereocenters. The minimum Gasteiger partial charge on any atom is -0.399 e. The van der Waals surface area contributed by atoms with Gasteiger partial charge in [-0.25, -0.2) is 0 Å². The number of nitrogens with two attached hydrogens (primary N) is 2. The van der Waals surface area contributed by atoms with E-state index in [1.807, 2.05) is 48.5 Å². The van der Waals surface area contributed by atoms with Gasteiger partial charge in [-0.1, -0.05) is 13.3 Å². The third-order valence-corrected chi connectivity index (χ3v) is 3.08. The molecule has 0 aliphatic heterocycles. The van der Waals surface area contributed by atoms with Crippen LogP contribution in [0.5, 0.6) is 0 Å². The summed E-state index contributed by atoms with van der Waals surface area (Å²) in [6, 6.07) is 15.5. The van der Waals surface area contributed by atoms with E-state index in [1.165, 1.54) is 0 Å². The lowest BCUT2D eigenvalue weighted by Crippen LogP contribution is -2.28. The maximum absolute atomic E-state index is 5.70. The van der Waals surface area contributed by atoms with Gasteiger partial charge in [-0.2, -0.15) is 0 Å². The normalized spacial score (nSPS) is 10.5. The van der Waals surface area contributed by atoms with Crippen molar-refractivity contribution in [3.8, 4) is 0 Å².